The van der Waals surface area contributed by atoms with E-state index in [9.17, 15) is 4.79 Å². The van der Waals surface area contributed by atoms with Crippen molar-refractivity contribution in [1.29, 1.82) is 0 Å². The predicted molar refractivity (Wildman–Crippen MR) is 74.1 cm³/mol. The fourth-order valence-electron chi connectivity index (χ4n) is 2.65. The molecule has 1 aliphatic rings. The Kier molecular flexibility index (Phi) is 4.85. The molecule has 2 heterocycles. The van der Waals surface area contributed by atoms with Crippen molar-refractivity contribution in [2.45, 2.75) is 32.4 Å². The summed E-state index contributed by atoms with van der Waals surface area (Å²) in [5, 5.41) is 2.92. The zero-order chi connectivity index (χ0) is 13.7. The number of nitrogens with one attached hydrogen (secondary N) is 1. The number of hydrogen-bond donors (Lipinski definition) is 1. The Morgan fingerprint density at radius 1 is 1.53 bits per heavy atom. The zero-order valence-electron chi connectivity index (χ0n) is 11.8. The number of hydrogen-bond acceptors (Lipinski definition) is 2. The molecule has 1 aromatic rings. The largest absolute Gasteiger partial charge is 0.383 e. The Balaban J connectivity index is 2.05. The number of carbonyl (C=O) groups excluding carboxylic acids is 1. The van der Waals surface area contributed by atoms with Crippen molar-refractivity contribution in [1.82, 2.24) is 14.8 Å². The highest BCUT2D eigenvalue weighted by molar-refractivity contribution is 5.74. The van der Waals surface area contributed by atoms with E-state index in [2.05, 4.69) is 35.1 Å². The second-order valence-electron chi connectivity index (χ2n) is 4.85. The maximum atomic E-state index is 12.2. The Labute approximate surface area is 114 Å². The van der Waals surface area contributed by atoms with Gasteiger partial charge in [-0.25, -0.2) is 4.79 Å². The van der Waals surface area contributed by atoms with E-state index in [0.717, 1.165) is 25.9 Å². The molecule has 0 spiro atoms. The SMILES string of the molecule is CCCC1c2cccn2CCN1C(=O)NCCOC. The third kappa shape index (κ3) is 3.10. The summed E-state index contributed by atoms with van der Waals surface area (Å²) >= 11 is 0. The van der Waals surface area contributed by atoms with Crippen LogP contribution in [0.3, 0.4) is 0 Å². The second kappa shape index (κ2) is 6.61. The summed E-state index contributed by atoms with van der Waals surface area (Å²) < 4.78 is 7.21. The molecular weight excluding hydrogens is 242 g/mol. The van der Waals surface area contributed by atoms with Crippen molar-refractivity contribution < 1.29 is 9.53 Å². The van der Waals surface area contributed by atoms with E-state index in [4.69, 9.17) is 4.74 Å². The predicted octanol–water partition coefficient (Wildman–Crippen LogP) is 2.00. The standard InChI is InChI=1S/C14H23N3O2/c1-3-5-13-12-6-4-8-16(12)9-10-17(13)14(18)15-7-11-19-2/h4,6,8,13H,3,5,7,9-11H2,1-2H3,(H,15,18). The van der Waals surface area contributed by atoms with Gasteiger partial charge in [0, 0.05) is 38.6 Å². The Morgan fingerprint density at radius 3 is 3.11 bits per heavy atom. The lowest BCUT2D eigenvalue weighted by Gasteiger charge is -2.37. The Morgan fingerprint density at radius 2 is 2.37 bits per heavy atom. The number of aromatic nitrogens is 1. The molecule has 5 heteroatoms. The van der Waals surface area contributed by atoms with Gasteiger partial charge in [0.2, 0.25) is 0 Å². The number of ether oxygens (including phenoxy) is 1. The summed E-state index contributed by atoms with van der Waals surface area (Å²) in [5.74, 6) is 0. The minimum atomic E-state index is 0.0166. The van der Waals surface area contributed by atoms with Crippen LogP contribution < -0.4 is 5.32 Å². The highest BCUT2D eigenvalue weighted by Crippen LogP contribution is 2.29. The highest BCUT2D eigenvalue weighted by atomic mass is 16.5. The van der Waals surface area contributed by atoms with Crippen LogP contribution in [0.15, 0.2) is 18.3 Å². The van der Waals surface area contributed by atoms with E-state index in [0.29, 0.717) is 13.2 Å². The molecule has 0 aromatic carbocycles. The van der Waals surface area contributed by atoms with E-state index < -0.39 is 0 Å². The lowest BCUT2D eigenvalue weighted by Crippen LogP contribution is -2.47. The molecule has 0 saturated heterocycles. The smallest absolute Gasteiger partial charge is 0.318 e. The summed E-state index contributed by atoms with van der Waals surface area (Å²) in [7, 11) is 1.64. The lowest BCUT2D eigenvalue weighted by molar-refractivity contribution is 0.145. The van der Waals surface area contributed by atoms with Crippen LogP contribution >= 0.6 is 0 Å². The zero-order valence-corrected chi connectivity index (χ0v) is 11.8. The van der Waals surface area contributed by atoms with Crippen molar-refractivity contribution in [3.8, 4) is 0 Å². The normalized spacial score (nSPS) is 18.2. The molecule has 1 atom stereocenters. The molecule has 1 aromatic heterocycles. The topological polar surface area (TPSA) is 46.5 Å². The third-order valence-corrected chi connectivity index (χ3v) is 3.57. The van der Waals surface area contributed by atoms with Crippen LogP contribution in [-0.2, 0) is 11.3 Å². The first-order valence-corrected chi connectivity index (χ1v) is 6.96. The number of rotatable bonds is 5. The third-order valence-electron chi connectivity index (χ3n) is 3.57. The molecule has 0 fully saturated rings. The average Bonchev–Trinajstić information content (AvgIpc) is 2.88. The first-order valence-electron chi connectivity index (χ1n) is 6.96. The van der Waals surface area contributed by atoms with Crippen LogP contribution in [0.5, 0.6) is 0 Å². The first-order chi connectivity index (χ1) is 9.27. The number of nitrogens with zero attached hydrogens (tertiary/aromatic N) is 2. The molecule has 1 aliphatic heterocycles. The number of amides is 2. The molecule has 106 valence electrons. The molecule has 2 rings (SSSR count). The van der Waals surface area contributed by atoms with E-state index in [1.807, 2.05) is 4.90 Å². The molecule has 1 unspecified atom stereocenters. The average molecular weight is 265 g/mol. The van der Waals surface area contributed by atoms with Crippen LogP contribution in [0.4, 0.5) is 4.79 Å². The van der Waals surface area contributed by atoms with Gasteiger partial charge < -0.3 is 19.5 Å². The number of urea groups is 1. The van der Waals surface area contributed by atoms with Crippen molar-refractivity contribution in [3.05, 3.63) is 24.0 Å². The molecule has 19 heavy (non-hydrogen) atoms. The summed E-state index contributed by atoms with van der Waals surface area (Å²) in [4.78, 5) is 14.2. The minimum absolute atomic E-state index is 0.0166. The van der Waals surface area contributed by atoms with Crippen molar-refractivity contribution in [2.24, 2.45) is 0 Å². The number of fused-ring (bicyclic) bond motifs is 1. The van der Waals surface area contributed by atoms with Crippen molar-refractivity contribution in [3.63, 3.8) is 0 Å². The summed E-state index contributed by atoms with van der Waals surface area (Å²) in [5.41, 5.74) is 1.25. The molecular formula is C14H23N3O2. The quantitative estimate of drug-likeness (QED) is 0.828. The van der Waals surface area contributed by atoms with E-state index in [1.165, 1.54) is 5.69 Å². The van der Waals surface area contributed by atoms with Gasteiger partial charge in [-0.15, -0.1) is 0 Å². The Bertz CT molecular complexity index is 417. The molecule has 1 N–H and O–H groups in total. The fraction of sp³-hybridized carbons (Fsp3) is 0.643. The molecule has 5 nitrogen and oxygen atoms in total. The number of methoxy groups -OCH3 is 1. The molecule has 0 radical (unpaired) electrons. The maximum absolute atomic E-state index is 12.2. The van der Waals surface area contributed by atoms with Gasteiger partial charge in [0.1, 0.15) is 0 Å². The van der Waals surface area contributed by atoms with Gasteiger partial charge in [-0.2, -0.15) is 0 Å². The lowest BCUT2D eigenvalue weighted by atomic mass is 10.0. The van der Waals surface area contributed by atoms with Crippen LogP contribution in [0, 0.1) is 0 Å². The second-order valence-corrected chi connectivity index (χ2v) is 4.85. The number of carbonyl (C=O) groups is 1. The minimum Gasteiger partial charge on any atom is -0.383 e. The molecule has 2 amide bonds. The first kappa shape index (κ1) is 13.9. The summed E-state index contributed by atoms with van der Waals surface area (Å²) in [6.07, 6.45) is 4.16. The van der Waals surface area contributed by atoms with Gasteiger partial charge in [0.15, 0.2) is 0 Å². The van der Waals surface area contributed by atoms with Gasteiger partial charge in [0.05, 0.1) is 12.6 Å². The van der Waals surface area contributed by atoms with Crippen molar-refractivity contribution in [2.75, 3.05) is 26.8 Å². The van der Waals surface area contributed by atoms with E-state index in [-0.39, 0.29) is 12.1 Å². The molecule has 0 aliphatic carbocycles. The molecule has 0 saturated carbocycles. The van der Waals surface area contributed by atoms with Gasteiger partial charge in [-0.1, -0.05) is 13.3 Å². The fourth-order valence-corrected chi connectivity index (χ4v) is 2.65. The molecule has 0 bridgehead atoms. The summed E-state index contributed by atoms with van der Waals surface area (Å²) in [6.45, 7) is 4.91. The van der Waals surface area contributed by atoms with E-state index >= 15 is 0 Å². The van der Waals surface area contributed by atoms with Crippen molar-refractivity contribution >= 4 is 6.03 Å². The van der Waals surface area contributed by atoms with Gasteiger partial charge in [-0.3, -0.25) is 0 Å². The van der Waals surface area contributed by atoms with Gasteiger partial charge in [-0.05, 0) is 18.6 Å². The summed E-state index contributed by atoms with van der Waals surface area (Å²) in [6, 6.07) is 4.39. The monoisotopic (exact) mass is 265 g/mol. The maximum Gasteiger partial charge on any atom is 0.318 e. The van der Waals surface area contributed by atoms with Crippen LogP contribution in [-0.4, -0.2) is 42.3 Å². The van der Waals surface area contributed by atoms with Crippen LogP contribution in [0.2, 0.25) is 0 Å². The Hall–Kier alpha value is -1.49. The van der Waals surface area contributed by atoms with Gasteiger partial charge >= 0.3 is 6.03 Å². The van der Waals surface area contributed by atoms with Crippen LogP contribution in [0.25, 0.3) is 0 Å². The highest BCUT2D eigenvalue weighted by Gasteiger charge is 2.29. The van der Waals surface area contributed by atoms with Gasteiger partial charge in [0.25, 0.3) is 0 Å². The van der Waals surface area contributed by atoms with Crippen LogP contribution in [0.1, 0.15) is 31.5 Å². The van der Waals surface area contributed by atoms with E-state index in [1.54, 1.807) is 7.11 Å².